The molecule has 0 aliphatic rings. The minimum Gasteiger partial charge on any atom is -0.494 e. The normalized spacial score (nSPS) is 12.1. The van der Waals surface area contributed by atoms with Gasteiger partial charge in [-0.3, -0.25) is 0 Å². The molecule has 0 aliphatic carbocycles. The molecule has 1 aromatic heterocycles. The highest BCUT2D eigenvalue weighted by atomic mass is 32.1. The molecule has 0 bridgehead atoms. The van der Waals surface area contributed by atoms with Crippen LogP contribution in [-0.2, 0) is 0 Å². The van der Waals surface area contributed by atoms with Crippen LogP contribution in [0.1, 0.15) is 31.9 Å². The summed E-state index contributed by atoms with van der Waals surface area (Å²) in [5.74, 6) is 0.936. The van der Waals surface area contributed by atoms with E-state index in [-0.39, 0.29) is 0 Å². The van der Waals surface area contributed by atoms with Gasteiger partial charge in [0.1, 0.15) is 5.75 Å². The van der Waals surface area contributed by atoms with Gasteiger partial charge in [0.2, 0.25) is 0 Å². The van der Waals surface area contributed by atoms with Crippen molar-refractivity contribution in [3.05, 3.63) is 46.7 Å². The van der Waals surface area contributed by atoms with Crippen LogP contribution in [0.2, 0.25) is 0 Å². The highest BCUT2D eigenvalue weighted by molar-refractivity contribution is 7.07. The summed E-state index contributed by atoms with van der Waals surface area (Å²) >= 11 is 1.73. The van der Waals surface area contributed by atoms with Crippen molar-refractivity contribution in [3.63, 3.8) is 0 Å². The largest absolute Gasteiger partial charge is 0.494 e. The maximum atomic E-state index is 5.56. The van der Waals surface area contributed by atoms with Crippen LogP contribution in [0.3, 0.4) is 0 Å². The standard InChI is InChI=1S/C15H19NOS/c1-3-9-17-15-6-4-14(5-7-15)16-12(2)13-8-10-18-11-13/h4-8,10-12,16H,3,9H2,1-2H3. The first kappa shape index (κ1) is 13.0. The maximum Gasteiger partial charge on any atom is 0.119 e. The molecule has 1 N–H and O–H groups in total. The zero-order valence-electron chi connectivity index (χ0n) is 10.8. The summed E-state index contributed by atoms with van der Waals surface area (Å²) in [6.07, 6.45) is 1.04. The van der Waals surface area contributed by atoms with E-state index in [1.54, 1.807) is 11.3 Å². The summed E-state index contributed by atoms with van der Waals surface area (Å²) < 4.78 is 5.56. The predicted molar refractivity (Wildman–Crippen MR) is 78.6 cm³/mol. The Bertz CT molecular complexity index is 450. The van der Waals surface area contributed by atoms with Crippen LogP contribution >= 0.6 is 11.3 Å². The van der Waals surface area contributed by atoms with Crippen LogP contribution in [0, 0.1) is 0 Å². The lowest BCUT2D eigenvalue weighted by molar-refractivity contribution is 0.317. The number of nitrogens with one attached hydrogen (secondary N) is 1. The number of hydrogen-bond donors (Lipinski definition) is 1. The van der Waals surface area contributed by atoms with Crippen LogP contribution in [0.4, 0.5) is 5.69 Å². The quantitative estimate of drug-likeness (QED) is 0.813. The lowest BCUT2D eigenvalue weighted by Crippen LogP contribution is -2.05. The van der Waals surface area contributed by atoms with Gasteiger partial charge in [-0.25, -0.2) is 0 Å². The first-order chi connectivity index (χ1) is 8.79. The number of thiophene rings is 1. The van der Waals surface area contributed by atoms with Crippen LogP contribution in [0.5, 0.6) is 5.75 Å². The molecule has 3 heteroatoms. The molecule has 2 aromatic rings. The number of rotatable bonds is 6. The molecule has 0 saturated carbocycles. The fourth-order valence-electron chi connectivity index (χ4n) is 1.72. The van der Waals surface area contributed by atoms with E-state index in [0.717, 1.165) is 24.5 Å². The second kappa shape index (κ2) is 6.45. The molecule has 0 saturated heterocycles. The molecule has 1 heterocycles. The van der Waals surface area contributed by atoms with Gasteiger partial charge in [0.25, 0.3) is 0 Å². The lowest BCUT2D eigenvalue weighted by Gasteiger charge is -2.14. The molecule has 1 aromatic carbocycles. The summed E-state index contributed by atoms with van der Waals surface area (Å²) in [6, 6.07) is 10.6. The highest BCUT2D eigenvalue weighted by Gasteiger charge is 2.05. The minimum absolute atomic E-state index is 0.332. The summed E-state index contributed by atoms with van der Waals surface area (Å²) in [7, 11) is 0. The van der Waals surface area contributed by atoms with Crippen molar-refractivity contribution in [1.29, 1.82) is 0 Å². The molecule has 0 amide bonds. The third-order valence-electron chi connectivity index (χ3n) is 2.75. The zero-order valence-corrected chi connectivity index (χ0v) is 11.7. The molecule has 96 valence electrons. The van der Waals surface area contributed by atoms with E-state index in [4.69, 9.17) is 4.74 Å². The SMILES string of the molecule is CCCOc1ccc(NC(C)c2ccsc2)cc1. The third-order valence-corrected chi connectivity index (χ3v) is 3.45. The van der Waals surface area contributed by atoms with Gasteiger partial charge in [-0.2, -0.15) is 11.3 Å². The van der Waals surface area contributed by atoms with Crippen LogP contribution < -0.4 is 10.1 Å². The Labute approximate surface area is 113 Å². The molecule has 18 heavy (non-hydrogen) atoms. The maximum absolute atomic E-state index is 5.56. The molecule has 1 atom stereocenters. The van der Waals surface area contributed by atoms with Crippen molar-refractivity contribution in [1.82, 2.24) is 0 Å². The van der Waals surface area contributed by atoms with Crippen molar-refractivity contribution in [2.24, 2.45) is 0 Å². The monoisotopic (exact) mass is 261 g/mol. The smallest absolute Gasteiger partial charge is 0.119 e. The van der Waals surface area contributed by atoms with Crippen molar-refractivity contribution in [2.75, 3.05) is 11.9 Å². The average molecular weight is 261 g/mol. The molecule has 0 radical (unpaired) electrons. The van der Waals surface area contributed by atoms with Gasteiger partial charge >= 0.3 is 0 Å². The second-order valence-corrected chi connectivity index (χ2v) is 5.08. The van der Waals surface area contributed by atoms with Crippen molar-refractivity contribution < 1.29 is 4.74 Å². The van der Waals surface area contributed by atoms with Gasteiger partial charge in [0.15, 0.2) is 0 Å². The minimum atomic E-state index is 0.332. The van der Waals surface area contributed by atoms with Gasteiger partial charge in [-0.1, -0.05) is 6.92 Å². The Morgan fingerprint density at radius 1 is 1.22 bits per heavy atom. The van der Waals surface area contributed by atoms with Gasteiger partial charge in [0.05, 0.1) is 6.61 Å². The highest BCUT2D eigenvalue weighted by Crippen LogP contribution is 2.22. The van der Waals surface area contributed by atoms with Crippen molar-refractivity contribution >= 4 is 17.0 Å². The van der Waals surface area contributed by atoms with Crippen LogP contribution in [0.25, 0.3) is 0 Å². The Balaban J connectivity index is 1.93. The van der Waals surface area contributed by atoms with Gasteiger partial charge in [-0.05, 0) is 60.0 Å². The van der Waals surface area contributed by atoms with E-state index in [1.807, 2.05) is 12.1 Å². The lowest BCUT2D eigenvalue weighted by atomic mass is 10.1. The van der Waals surface area contributed by atoms with E-state index >= 15 is 0 Å². The molecular weight excluding hydrogens is 242 g/mol. The number of anilines is 1. The van der Waals surface area contributed by atoms with E-state index in [1.165, 1.54) is 5.56 Å². The Morgan fingerprint density at radius 3 is 2.61 bits per heavy atom. The van der Waals surface area contributed by atoms with Gasteiger partial charge in [-0.15, -0.1) is 0 Å². The van der Waals surface area contributed by atoms with Crippen LogP contribution in [0.15, 0.2) is 41.1 Å². The van der Waals surface area contributed by atoms with Gasteiger partial charge < -0.3 is 10.1 Å². The zero-order chi connectivity index (χ0) is 12.8. The Hall–Kier alpha value is -1.48. The molecule has 1 unspecified atom stereocenters. The number of benzene rings is 1. The summed E-state index contributed by atoms with van der Waals surface area (Å²) in [5, 5.41) is 7.76. The average Bonchev–Trinajstić information content (AvgIpc) is 2.92. The van der Waals surface area contributed by atoms with E-state index < -0.39 is 0 Å². The summed E-state index contributed by atoms with van der Waals surface area (Å²) in [5.41, 5.74) is 2.45. The topological polar surface area (TPSA) is 21.3 Å². The first-order valence-corrected chi connectivity index (χ1v) is 7.25. The molecule has 2 rings (SSSR count). The predicted octanol–water partition coefficient (Wildman–Crippen LogP) is 4.71. The Kier molecular flexibility index (Phi) is 4.65. The third kappa shape index (κ3) is 3.50. The van der Waals surface area contributed by atoms with E-state index in [2.05, 4.69) is 48.1 Å². The molecule has 0 spiro atoms. The van der Waals surface area contributed by atoms with Gasteiger partial charge in [0, 0.05) is 11.7 Å². The van der Waals surface area contributed by atoms with Crippen molar-refractivity contribution in [2.45, 2.75) is 26.3 Å². The number of hydrogen-bond acceptors (Lipinski definition) is 3. The molecule has 0 fully saturated rings. The van der Waals surface area contributed by atoms with E-state index in [9.17, 15) is 0 Å². The number of ether oxygens (including phenoxy) is 1. The molecular formula is C15H19NOS. The fraction of sp³-hybridized carbons (Fsp3) is 0.333. The molecule has 0 aliphatic heterocycles. The molecule has 2 nitrogen and oxygen atoms in total. The summed E-state index contributed by atoms with van der Waals surface area (Å²) in [6.45, 7) is 5.06. The second-order valence-electron chi connectivity index (χ2n) is 4.30. The van der Waals surface area contributed by atoms with Crippen LogP contribution in [-0.4, -0.2) is 6.61 Å². The first-order valence-electron chi connectivity index (χ1n) is 6.31. The summed E-state index contributed by atoms with van der Waals surface area (Å²) in [4.78, 5) is 0. The van der Waals surface area contributed by atoms with Crippen molar-refractivity contribution in [3.8, 4) is 5.75 Å². The van der Waals surface area contributed by atoms with E-state index in [0.29, 0.717) is 6.04 Å². The Morgan fingerprint density at radius 2 is 2.00 bits per heavy atom. The fourth-order valence-corrected chi connectivity index (χ4v) is 2.48.